The van der Waals surface area contributed by atoms with Gasteiger partial charge in [0.1, 0.15) is 0 Å². The standard InChI is InChI=1S/4BrH.K.H/h4*1H;;/q;;;;+1;-1. The molecule has 0 aliphatic carbocycles. The van der Waals surface area contributed by atoms with Crippen molar-refractivity contribution in [3.05, 3.63) is 0 Å². The van der Waals surface area contributed by atoms with Crippen molar-refractivity contribution in [2.24, 2.45) is 0 Å². The molecule has 0 rings (SSSR count). The fraction of sp³-hybridized carbons (Fsp3) is 0. The Balaban J connectivity index is 0. The molecule has 0 N–H and O–H groups in total. The van der Waals surface area contributed by atoms with Crippen LogP contribution in [-0.2, 0) is 0 Å². The van der Waals surface area contributed by atoms with Gasteiger partial charge in [0.25, 0.3) is 0 Å². The molecule has 0 aromatic carbocycles. The van der Waals surface area contributed by atoms with E-state index in [1.54, 1.807) is 0 Å². The van der Waals surface area contributed by atoms with E-state index in [1.165, 1.54) is 0 Å². The summed E-state index contributed by atoms with van der Waals surface area (Å²) >= 11 is 0. The van der Waals surface area contributed by atoms with Crippen LogP contribution in [-0.4, -0.2) is 0 Å². The van der Waals surface area contributed by atoms with E-state index in [2.05, 4.69) is 0 Å². The predicted molar refractivity (Wildman–Crippen MR) is 42.4 cm³/mol. The maximum absolute atomic E-state index is 0. The molecule has 0 heterocycles. The van der Waals surface area contributed by atoms with Crippen molar-refractivity contribution < 1.29 is 52.8 Å². The second-order valence-corrected chi connectivity index (χ2v) is 0. The minimum atomic E-state index is 0. The fourth-order valence-corrected chi connectivity index (χ4v) is 0. The van der Waals surface area contributed by atoms with Gasteiger partial charge in [0.05, 0.1) is 0 Å². The molecule has 0 saturated heterocycles. The van der Waals surface area contributed by atoms with Crippen molar-refractivity contribution in [1.82, 2.24) is 0 Å². The monoisotopic (exact) mass is 360 g/mol. The Morgan fingerprint density at radius 2 is 0.600 bits per heavy atom. The summed E-state index contributed by atoms with van der Waals surface area (Å²) in [6, 6.07) is 0. The van der Waals surface area contributed by atoms with E-state index in [0.717, 1.165) is 0 Å². The molecule has 5 heteroatoms. The van der Waals surface area contributed by atoms with E-state index in [0.29, 0.717) is 0 Å². The van der Waals surface area contributed by atoms with Gasteiger partial charge in [-0.3, -0.25) is 0 Å². The first-order valence-electron chi connectivity index (χ1n) is 0. The molecule has 0 aromatic heterocycles. The summed E-state index contributed by atoms with van der Waals surface area (Å²) < 4.78 is 0. The molecule has 0 aromatic rings. The Kier molecular flexibility index (Phi) is 198. The maximum Gasteiger partial charge on any atom is 1.00 e. The molecular formula is H5Br4K. The second kappa shape index (κ2) is 25.7. The van der Waals surface area contributed by atoms with Gasteiger partial charge >= 0.3 is 51.4 Å². The van der Waals surface area contributed by atoms with Gasteiger partial charge in [-0.05, 0) is 0 Å². The third-order valence-corrected chi connectivity index (χ3v) is 0. The van der Waals surface area contributed by atoms with Gasteiger partial charge in [-0.25, -0.2) is 0 Å². The molecule has 34 valence electrons. The Labute approximate surface area is 118 Å². The van der Waals surface area contributed by atoms with E-state index >= 15 is 0 Å². The molecule has 0 unspecified atom stereocenters. The van der Waals surface area contributed by atoms with E-state index in [1.807, 2.05) is 0 Å². The Morgan fingerprint density at radius 1 is 0.600 bits per heavy atom. The molecule has 0 fully saturated rings. The predicted octanol–water partition coefficient (Wildman–Crippen LogP) is -0.572. The molecule has 0 atom stereocenters. The quantitative estimate of drug-likeness (QED) is 0.506. The summed E-state index contributed by atoms with van der Waals surface area (Å²) in [5.74, 6) is 0. The van der Waals surface area contributed by atoms with Crippen molar-refractivity contribution in [1.29, 1.82) is 0 Å². The van der Waals surface area contributed by atoms with Crippen molar-refractivity contribution in [2.45, 2.75) is 0 Å². The molecule has 5 heavy (non-hydrogen) atoms. The molecular weight excluding hydrogens is 359 g/mol. The third kappa shape index (κ3) is 18.4. The number of hydrogen-bond donors (Lipinski definition) is 0. The van der Waals surface area contributed by atoms with Crippen LogP contribution in [0.3, 0.4) is 0 Å². The van der Waals surface area contributed by atoms with Gasteiger partial charge in [0.15, 0.2) is 0 Å². The Hall–Kier alpha value is 3.56. The van der Waals surface area contributed by atoms with Gasteiger partial charge in [-0.15, -0.1) is 67.9 Å². The van der Waals surface area contributed by atoms with Crippen LogP contribution in [0.4, 0.5) is 0 Å². The molecule has 0 aliphatic heterocycles. The van der Waals surface area contributed by atoms with Crippen molar-refractivity contribution in [2.75, 3.05) is 0 Å². The number of rotatable bonds is 0. The van der Waals surface area contributed by atoms with Crippen molar-refractivity contribution in [3.63, 3.8) is 0 Å². The molecule has 0 bridgehead atoms. The molecule has 0 aliphatic rings. The first-order chi connectivity index (χ1) is 0. The van der Waals surface area contributed by atoms with Crippen molar-refractivity contribution in [3.8, 4) is 0 Å². The summed E-state index contributed by atoms with van der Waals surface area (Å²) in [5, 5.41) is 0. The van der Waals surface area contributed by atoms with Gasteiger partial charge in [0, 0.05) is 0 Å². The number of hydrogen-bond acceptors (Lipinski definition) is 0. The van der Waals surface area contributed by atoms with E-state index in [-0.39, 0.29) is 121 Å². The Morgan fingerprint density at radius 3 is 0.600 bits per heavy atom. The van der Waals surface area contributed by atoms with Crippen LogP contribution in [0.1, 0.15) is 1.43 Å². The summed E-state index contributed by atoms with van der Waals surface area (Å²) in [6.07, 6.45) is 0. The van der Waals surface area contributed by atoms with Crippen LogP contribution in [0, 0.1) is 0 Å². The zero-order chi connectivity index (χ0) is 0. The average Bonchev–Trinajstić information content (AvgIpc) is 0. The van der Waals surface area contributed by atoms with Crippen LogP contribution < -0.4 is 51.4 Å². The molecule has 0 amide bonds. The van der Waals surface area contributed by atoms with Crippen molar-refractivity contribution >= 4 is 67.9 Å². The van der Waals surface area contributed by atoms with Crippen LogP contribution in [0.2, 0.25) is 0 Å². The zero-order valence-corrected chi connectivity index (χ0v) is 12.6. The molecule has 0 saturated carbocycles. The van der Waals surface area contributed by atoms with E-state index < -0.39 is 0 Å². The first-order valence-corrected chi connectivity index (χ1v) is 0. The summed E-state index contributed by atoms with van der Waals surface area (Å²) in [7, 11) is 0. The van der Waals surface area contributed by atoms with Gasteiger partial charge in [0.2, 0.25) is 0 Å². The van der Waals surface area contributed by atoms with Gasteiger partial charge in [-0.2, -0.15) is 0 Å². The minimum Gasteiger partial charge on any atom is -1.00 e. The molecule has 0 nitrogen and oxygen atoms in total. The van der Waals surface area contributed by atoms with Gasteiger partial charge in [-0.1, -0.05) is 0 Å². The summed E-state index contributed by atoms with van der Waals surface area (Å²) in [5.41, 5.74) is 0. The first kappa shape index (κ1) is 38.6. The van der Waals surface area contributed by atoms with Crippen LogP contribution in [0.15, 0.2) is 0 Å². The zero-order valence-electron chi connectivity index (χ0n) is 3.63. The second-order valence-electron chi connectivity index (χ2n) is 0. The minimum absolute atomic E-state index is 0. The normalized spacial score (nSPS) is 0. The molecule has 0 spiro atoms. The molecule has 0 radical (unpaired) electrons. The average molecular weight is 364 g/mol. The largest absolute Gasteiger partial charge is 1.00 e. The Bertz CT molecular complexity index is 7.51. The van der Waals surface area contributed by atoms with Crippen LogP contribution in [0.5, 0.6) is 0 Å². The summed E-state index contributed by atoms with van der Waals surface area (Å²) in [4.78, 5) is 0. The maximum atomic E-state index is 0. The fourth-order valence-electron chi connectivity index (χ4n) is 0. The van der Waals surface area contributed by atoms with Gasteiger partial charge < -0.3 is 1.43 Å². The smallest absolute Gasteiger partial charge is 1.00 e. The summed E-state index contributed by atoms with van der Waals surface area (Å²) in [6.45, 7) is 0. The third-order valence-electron chi connectivity index (χ3n) is 0. The van der Waals surface area contributed by atoms with E-state index in [4.69, 9.17) is 0 Å². The number of halogens is 4. The van der Waals surface area contributed by atoms with E-state index in [9.17, 15) is 0 Å². The van der Waals surface area contributed by atoms with Crippen LogP contribution >= 0.6 is 67.9 Å². The topological polar surface area (TPSA) is 0 Å². The SMILES string of the molecule is Br.Br.Br.Br.[H-].[K+]. The van der Waals surface area contributed by atoms with Crippen LogP contribution in [0.25, 0.3) is 0 Å².